The van der Waals surface area contributed by atoms with E-state index in [0.717, 1.165) is 43.9 Å². The number of carboxylic acid groups (broad SMARTS) is 1. The van der Waals surface area contributed by atoms with Crippen LogP contribution in [0.25, 0.3) is 0 Å². The lowest BCUT2D eigenvalue weighted by molar-refractivity contribution is -0.136. The lowest BCUT2D eigenvalue weighted by atomic mass is 10.0. The summed E-state index contributed by atoms with van der Waals surface area (Å²) >= 11 is 0. The molecule has 1 aliphatic rings. The molecule has 0 aliphatic carbocycles. The van der Waals surface area contributed by atoms with Crippen LogP contribution in [0.1, 0.15) is 25.0 Å². The minimum Gasteiger partial charge on any atom is -0.481 e. The number of aliphatic carboxylic acids is 1. The maximum atomic E-state index is 10.9. The molecule has 0 amide bonds. The van der Waals surface area contributed by atoms with Crippen molar-refractivity contribution in [1.29, 1.82) is 0 Å². The fourth-order valence-electron chi connectivity index (χ4n) is 2.93. The molecule has 21 heavy (non-hydrogen) atoms. The van der Waals surface area contributed by atoms with Gasteiger partial charge in [-0.3, -0.25) is 9.69 Å². The molecule has 1 N–H and O–H groups in total. The van der Waals surface area contributed by atoms with Gasteiger partial charge in [0.1, 0.15) is 0 Å². The number of carbonyl (C=O) groups is 1. The van der Waals surface area contributed by atoms with Gasteiger partial charge in [-0.25, -0.2) is 0 Å². The van der Waals surface area contributed by atoms with E-state index in [-0.39, 0.29) is 6.42 Å². The Hall–Kier alpha value is -1.39. The zero-order valence-corrected chi connectivity index (χ0v) is 13.1. The molecule has 1 aromatic rings. The Kier molecular flexibility index (Phi) is 5.76. The van der Waals surface area contributed by atoms with Crippen molar-refractivity contribution in [2.75, 3.05) is 32.7 Å². The third kappa shape index (κ3) is 5.14. The zero-order chi connectivity index (χ0) is 15.2. The predicted octanol–water partition coefficient (Wildman–Crippen LogP) is 2.09. The lowest BCUT2D eigenvalue weighted by Gasteiger charge is -2.35. The molecule has 0 radical (unpaired) electrons. The maximum Gasteiger partial charge on any atom is 0.307 e. The monoisotopic (exact) mass is 290 g/mol. The van der Waals surface area contributed by atoms with Crippen LogP contribution in [-0.2, 0) is 17.8 Å². The number of piperazine rings is 1. The smallest absolute Gasteiger partial charge is 0.307 e. The highest BCUT2D eigenvalue weighted by Gasteiger charge is 2.18. The first-order chi connectivity index (χ1) is 10.0. The van der Waals surface area contributed by atoms with Crippen LogP contribution in [-0.4, -0.2) is 53.6 Å². The van der Waals surface area contributed by atoms with E-state index in [1.807, 2.05) is 18.2 Å². The van der Waals surface area contributed by atoms with Crippen LogP contribution in [0.3, 0.4) is 0 Å². The third-order valence-corrected chi connectivity index (χ3v) is 3.94. The van der Waals surface area contributed by atoms with Crippen LogP contribution in [0.2, 0.25) is 0 Å². The molecule has 0 aromatic heterocycles. The number of carboxylic acids is 1. The van der Waals surface area contributed by atoms with Gasteiger partial charge < -0.3 is 10.0 Å². The van der Waals surface area contributed by atoms with Gasteiger partial charge in [0, 0.05) is 39.3 Å². The van der Waals surface area contributed by atoms with Crippen LogP contribution < -0.4 is 0 Å². The molecule has 4 nitrogen and oxygen atoms in total. The highest BCUT2D eigenvalue weighted by atomic mass is 16.4. The summed E-state index contributed by atoms with van der Waals surface area (Å²) in [5, 5.41) is 9.00. The molecule has 1 aliphatic heterocycles. The average molecular weight is 290 g/mol. The Bertz CT molecular complexity index is 466. The summed E-state index contributed by atoms with van der Waals surface area (Å²) < 4.78 is 0. The van der Waals surface area contributed by atoms with E-state index in [2.05, 4.69) is 29.7 Å². The lowest BCUT2D eigenvalue weighted by Crippen LogP contribution is -2.46. The van der Waals surface area contributed by atoms with Crippen molar-refractivity contribution >= 4 is 5.97 Å². The minimum atomic E-state index is -0.760. The Morgan fingerprint density at radius 1 is 1.10 bits per heavy atom. The van der Waals surface area contributed by atoms with Crippen LogP contribution in [0.4, 0.5) is 0 Å². The molecule has 1 aromatic carbocycles. The van der Waals surface area contributed by atoms with Gasteiger partial charge in [0.15, 0.2) is 0 Å². The summed E-state index contributed by atoms with van der Waals surface area (Å²) in [4.78, 5) is 15.9. The summed E-state index contributed by atoms with van der Waals surface area (Å²) in [6, 6.07) is 7.90. The molecule has 0 spiro atoms. The Balaban J connectivity index is 1.90. The van der Waals surface area contributed by atoms with E-state index in [1.54, 1.807) is 0 Å². The molecule has 0 bridgehead atoms. The van der Waals surface area contributed by atoms with Crippen molar-refractivity contribution in [1.82, 2.24) is 9.80 Å². The summed E-state index contributed by atoms with van der Waals surface area (Å²) in [5.41, 5.74) is 2.09. The fourth-order valence-corrected chi connectivity index (χ4v) is 2.93. The molecular weight excluding hydrogens is 264 g/mol. The molecule has 4 heteroatoms. The van der Waals surface area contributed by atoms with Gasteiger partial charge in [-0.1, -0.05) is 38.1 Å². The van der Waals surface area contributed by atoms with Crippen molar-refractivity contribution in [2.45, 2.75) is 26.8 Å². The zero-order valence-electron chi connectivity index (χ0n) is 13.1. The second-order valence-electron chi connectivity index (χ2n) is 6.31. The SMILES string of the molecule is CC(C)CN1CCN(Cc2ccccc2CC(=O)O)CC1. The Morgan fingerprint density at radius 2 is 1.67 bits per heavy atom. The first-order valence-electron chi connectivity index (χ1n) is 7.78. The molecule has 2 rings (SSSR count). The molecule has 1 saturated heterocycles. The van der Waals surface area contributed by atoms with E-state index < -0.39 is 5.97 Å². The maximum absolute atomic E-state index is 10.9. The molecule has 0 saturated carbocycles. The van der Waals surface area contributed by atoms with Crippen molar-refractivity contribution in [3.8, 4) is 0 Å². The molecule has 1 fully saturated rings. The van der Waals surface area contributed by atoms with Gasteiger partial charge in [0.2, 0.25) is 0 Å². The first-order valence-corrected chi connectivity index (χ1v) is 7.78. The normalized spacial score (nSPS) is 17.3. The van der Waals surface area contributed by atoms with Gasteiger partial charge >= 0.3 is 5.97 Å². The molecule has 0 unspecified atom stereocenters. The highest BCUT2D eigenvalue weighted by Crippen LogP contribution is 2.14. The Morgan fingerprint density at radius 3 is 2.24 bits per heavy atom. The first kappa shape index (κ1) is 16.0. The van der Waals surface area contributed by atoms with Gasteiger partial charge in [-0.15, -0.1) is 0 Å². The second kappa shape index (κ2) is 7.57. The van der Waals surface area contributed by atoms with Crippen molar-refractivity contribution in [2.24, 2.45) is 5.92 Å². The van der Waals surface area contributed by atoms with Crippen LogP contribution >= 0.6 is 0 Å². The molecular formula is C17H26N2O2. The van der Waals surface area contributed by atoms with Gasteiger partial charge in [-0.2, -0.15) is 0 Å². The number of nitrogens with zero attached hydrogens (tertiary/aromatic N) is 2. The predicted molar refractivity (Wildman–Crippen MR) is 84.3 cm³/mol. The van der Waals surface area contributed by atoms with E-state index in [1.165, 1.54) is 6.54 Å². The number of rotatable bonds is 6. The van der Waals surface area contributed by atoms with Crippen LogP contribution in [0, 0.1) is 5.92 Å². The van der Waals surface area contributed by atoms with Crippen LogP contribution in [0.15, 0.2) is 24.3 Å². The summed E-state index contributed by atoms with van der Waals surface area (Å²) in [6.07, 6.45) is 0.115. The van der Waals surface area contributed by atoms with E-state index in [0.29, 0.717) is 5.92 Å². The van der Waals surface area contributed by atoms with Gasteiger partial charge in [0.25, 0.3) is 0 Å². The highest BCUT2D eigenvalue weighted by molar-refractivity contribution is 5.70. The fraction of sp³-hybridized carbons (Fsp3) is 0.588. The van der Waals surface area contributed by atoms with E-state index in [4.69, 9.17) is 5.11 Å². The van der Waals surface area contributed by atoms with Crippen molar-refractivity contribution in [3.05, 3.63) is 35.4 Å². The van der Waals surface area contributed by atoms with E-state index >= 15 is 0 Å². The Labute approximate surface area is 127 Å². The van der Waals surface area contributed by atoms with Gasteiger partial charge in [0.05, 0.1) is 6.42 Å². The third-order valence-electron chi connectivity index (χ3n) is 3.94. The standard InChI is InChI=1S/C17H26N2O2/c1-14(2)12-18-7-9-19(10-8-18)13-16-6-4-3-5-15(16)11-17(20)21/h3-6,14H,7-13H2,1-2H3,(H,20,21). The number of benzene rings is 1. The van der Waals surface area contributed by atoms with Crippen molar-refractivity contribution in [3.63, 3.8) is 0 Å². The second-order valence-corrected chi connectivity index (χ2v) is 6.31. The summed E-state index contributed by atoms with van der Waals surface area (Å²) in [6.45, 7) is 10.9. The molecule has 1 heterocycles. The average Bonchev–Trinajstić information content (AvgIpc) is 2.42. The molecule has 116 valence electrons. The summed E-state index contributed by atoms with van der Waals surface area (Å²) in [7, 11) is 0. The largest absolute Gasteiger partial charge is 0.481 e. The number of hydrogen-bond acceptors (Lipinski definition) is 3. The van der Waals surface area contributed by atoms with E-state index in [9.17, 15) is 4.79 Å². The topological polar surface area (TPSA) is 43.8 Å². The van der Waals surface area contributed by atoms with Crippen molar-refractivity contribution < 1.29 is 9.90 Å². The summed E-state index contributed by atoms with van der Waals surface area (Å²) in [5.74, 6) is -0.0444. The van der Waals surface area contributed by atoms with Gasteiger partial charge in [-0.05, 0) is 17.0 Å². The van der Waals surface area contributed by atoms with Crippen LogP contribution in [0.5, 0.6) is 0 Å². The minimum absolute atomic E-state index is 0.115. The molecule has 0 atom stereocenters. The number of hydrogen-bond donors (Lipinski definition) is 1. The quantitative estimate of drug-likeness (QED) is 0.871.